The molecule has 190 valence electrons. The van der Waals surface area contributed by atoms with Gasteiger partial charge in [0, 0.05) is 23.1 Å². The van der Waals surface area contributed by atoms with E-state index < -0.39 is 11.8 Å². The average molecular weight is 565 g/mol. The maximum Gasteiger partial charge on any atom is 0.329 e. The fourth-order valence-corrected chi connectivity index (χ4v) is 3.83. The maximum atomic E-state index is 12.9. The summed E-state index contributed by atoms with van der Waals surface area (Å²) in [6, 6.07) is 21.5. The van der Waals surface area contributed by atoms with Crippen LogP contribution in [-0.2, 0) is 20.9 Å². The Balaban J connectivity index is 1.35. The van der Waals surface area contributed by atoms with Gasteiger partial charge in [-0.3, -0.25) is 14.4 Å². The molecular weight excluding hydrogens is 540 g/mol. The highest BCUT2D eigenvalue weighted by Crippen LogP contribution is 2.20. The lowest BCUT2D eigenvalue weighted by molar-refractivity contribution is -0.136. The second kappa shape index (κ2) is 12.8. The third-order valence-corrected chi connectivity index (χ3v) is 6.04. The van der Waals surface area contributed by atoms with E-state index in [1.807, 2.05) is 36.4 Å². The number of carbonyl (C=O) groups is 3. The van der Waals surface area contributed by atoms with E-state index in [1.165, 1.54) is 6.21 Å². The zero-order valence-electron chi connectivity index (χ0n) is 19.9. The minimum absolute atomic E-state index is 0.239. The number of para-hydroxylation sites is 2. The number of hydrogen-bond acceptors (Lipinski definition) is 6. The molecule has 0 aliphatic carbocycles. The van der Waals surface area contributed by atoms with Gasteiger partial charge in [-0.05, 0) is 42.0 Å². The van der Waals surface area contributed by atoms with Gasteiger partial charge in [0.2, 0.25) is 0 Å². The van der Waals surface area contributed by atoms with Crippen molar-refractivity contribution in [2.75, 3.05) is 31.6 Å². The minimum atomic E-state index is -0.974. The summed E-state index contributed by atoms with van der Waals surface area (Å²) >= 11 is 3.41. The van der Waals surface area contributed by atoms with Gasteiger partial charge in [-0.1, -0.05) is 52.3 Å². The summed E-state index contributed by atoms with van der Waals surface area (Å²) < 4.78 is 12.2. The molecule has 1 fully saturated rings. The van der Waals surface area contributed by atoms with Crippen LogP contribution in [0.3, 0.4) is 0 Å². The topological polar surface area (TPSA) is 109 Å². The SMILES string of the molecule is O=C(N/N=C\c1ccccc1OCc1ccc(Br)cc1)C(=O)Nc1ccccc1C(=O)N1CCOCC1. The molecule has 1 aliphatic rings. The van der Waals surface area contributed by atoms with Crippen LogP contribution in [0.5, 0.6) is 5.75 Å². The Labute approximate surface area is 222 Å². The maximum absolute atomic E-state index is 12.9. The zero-order chi connectivity index (χ0) is 26.0. The van der Waals surface area contributed by atoms with Gasteiger partial charge >= 0.3 is 11.8 Å². The molecule has 0 bridgehead atoms. The first-order chi connectivity index (χ1) is 18.0. The molecule has 4 rings (SSSR count). The Morgan fingerprint density at radius 2 is 1.65 bits per heavy atom. The van der Waals surface area contributed by atoms with E-state index in [-0.39, 0.29) is 11.6 Å². The molecule has 2 N–H and O–H groups in total. The number of hydrogen-bond donors (Lipinski definition) is 2. The predicted molar refractivity (Wildman–Crippen MR) is 142 cm³/mol. The number of hydrazone groups is 1. The van der Waals surface area contributed by atoms with E-state index >= 15 is 0 Å². The summed E-state index contributed by atoms with van der Waals surface area (Å²) in [5.41, 5.74) is 4.38. The number of morpholine rings is 1. The lowest BCUT2D eigenvalue weighted by Crippen LogP contribution is -2.41. The summed E-state index contributed by atoms with van der Waals surface area (Å²) in [5.74, 6) is -1.59. The summed E-state index contributed by atoms with van der Waals surface area (Å²) in [4.78, 5) is 39.4. The van der Waals surface area contributed by atoms with Gasteiger partial charge < -0.3 is 19.7 Å². The lowest BCUT2D eigenvalue weighted by atomic mass is 10.1. The van der Waals surface area contributed by atoms with Gasteiger partial charge in [-0.25, -0.2) is 5.43 Å². The number of nitrogens with zero attached hydrogens (tertiary/aromatic N) is 2. The van der Waals surface area contributed by atoms with E-state index in [0.29, 0.717) is 49.8 Å². The fraction of sp³-hybridized carbons (Fsp3) is 0.185. The van der Waals surface area contributed by atoms with E-state index in [9.17, 15) is 14.4 Å². The Kier molecular flexibility index (Phi) is 9.01. The van der Waals surface area contributed by atoms with E-state index in [0.717, 1.165) is 10.0 Å². The van der Waals surface area contributed by atoms with Gasteiger partial charge in [0.15, 0.2) is 0 Å². The fourth-order valence-electron chi connectivity index (χ4n) is 3.57. The molecule has 9 nitrogen and oxygen atoms in total. The molecule has 1 heterocycles. The van der Waals surface area contributed by atoms with Crippen molar-refractivity contribution >= 4 is 45.6 Å². The van der Waals surface area contributed by atoms with Crippen LogP contribution in [0.1, 0.15) is 21.5 Å². The number of amides is 3. The van der Waals surface area contributed by atoms with Crippen molar-refractivity contribution in [1.82, 2.24) is 10.3 Å². The van der Waals surface area contributed by atoms with Crippen molar-refractivity contribution in [3.8, 4) is 5.75 Å². The number of nitrogens with one attached hydrogen (secondary N) is 2. The highest BCUT2D eigenvalue weighted by Gasteiger charge is 2.23. The minimum Gasteiger partial charge on any atom is -0.488 e. The molecular formula is C27H25BrN4O5. The van der Waals surface area contributed by atoms with Crippen LogP contribution in [0.25, 0.3) is 0 Å². The Bertz CT molecular complexity index is 1290. The molecule has 1 saturated heterocycles. The molecule has 0 aromatic heterocycles. The zero-order valence-corrected chi connectivity index (χ0v) is 21.4. The average Bonchev–Trinajstić information content (AvgIpc) is 2.93. The number of halogens is 1. The summed E-state index contributed by atoms with van der Waals surface area (Å²) in [6.45, 7) is 2.20. The van der Waals surface area contributed by atoms with Crippen LogP contribution in [-0.4, -0.2) is 55.1 Å². The first kappa shape index (κ1) is 26.1. The van der Waals surface area contributed by atoms with Crippen molar-refractivity contribution in [3.63, 3.8) is 0 Å². The lowest BCUT2D eigenvalue weighted by Gasteiger charge is -2.27. The highest BCUT2D eigenvalue weighted by atomic mass is 79.9. The molecule has 0 unspecified atom stereocenters. The first-order valence-electron chi connectivity index (χ1n) is 11.6. The Morgan fingerprint density at radius 3 is 2.43 bits per heavy atom. The smallest absolute Gasteiger partial charge is 0.329 e. The third-order valence-electron chi connectivity index (χ3n) is 5.51. The van der Waals surface area contributed by atoms with Crippen LogP contribution in [0.2, 0.25) is 0 Å². The van der Waals surface area contributed by atoms with E-state index in [4.69, 9.17) is 9.47 Å². The summed E-state index contributed by atoms with van der Waals surface area (Å²) in [6.07, 6.45) is 1.40. The molecule has 10 heteroatoms. The first-order valence-corrected chi connectivity index (χ1v) is 12.4. The van der Waals surface area contributed by atoms with Gasteiger partial charge in [-0.2, -0.15) is 5.10 Å². The van der Waals surface area contributed by atoms with Crippen LogP contribution in [0.4, 0.5) is 5.69 Å². The second-order valence-corrected chi connectivity index (χ2v) is 8.97. The largest absolute Gasteiger partial charge is 0.488 e. The van der Waals surface area contributed by atoms with Crippen LogP contribution in [0, 0.1) is 0 Å². The monoisotopic (exact) mass is 564 g/mol. The highest BCUT2D eigenvalue weighted by molar-refractivity contribution is 9.10. The number of ether oxygens (including phenoxy) is 2. The van der Waals surface area contributed by atoms with Crippen molar-refractivity contribution in [2.45, 2.75) is 6.61 Å². The molecule has 0 saturated carbocycles. The number of carbonyl (C=O) groups excluding carboxylic acids is 3. The van der Waals surface area contributed by atoms with Crippen molar-refractivity contribution < 1.29 is 23.9 Å². The second-order valence-electron chi connectivity index (χ2n) is 8.06. The number of anilines is 1. The standard InChI is InChI=1S/C27H25BrN4O5/c28-21-11-9-19(10-12-21)18-37-24-8-4-1-5-20(24)17-29-31-26(34)25(33)30-23-7-3-2-6-22(23)27(35)32-13-15-36-16-14-32/h1-12,17H,13-16,18H2,(H,30,33)(H,31,34)/b29-17-. The van der Waals surface area contributed by atoms with E-state index in [2.05, 4.69) is 31.8 Å². The van der Waals surface area contributed by atoms with Gasteiger partial charge in [-0.15, -0.1) is 0 Å². The summed E-state index contributed by atoms with van der Waals surface area (Å²) in [5, 5.41) is 6.40. The van der Waals surface area contributed by atoms with Crippen molar-refractivity contribution in [3.05, 3.63) is 94.0 Å². The van der Waals surface area contributed by atoms with Crippen LogP contribution < -0.4 is 15.5 Å². The molecule has 0 spiro atoms. The molecule has 37 heavy (non-hydrogen) atoms. The number of benzene rings is 3. The third kappa shape index (κ3) is 7.25. The van der Waals surface area contributed by atoms with Gasteiger partial charge in [0.25, 0.3) is 5.91 Å². The Hall–Kier alpha value is -4.02. The number of rotatable bonds is 7. The molecule has 3 amide bonds. The normalized spacial score (nSPS) is 13.3. The molecule has 0 atom stereocenters. The van der Waals surface area contributed by atoms with Gasteiger partial charge in [0.05, 0.1) is 30.7 Å². The van der Waals surface area contributed by atoms with Crippen molar-refractivity contribution in [2.24, 2.45) is 5.10 Å². The predicted octanol–water partition coefficient (Wildman–Crippen LogP) is 3.59. The molecule has 3 aromatic carbocycles. The molecule has 3 aromatic rings. The van der Waals surface area contributed by atoms with E-state index in [1.54, 1.807) is 41.3 Å². The van der Waals surface area contributed by atoms with Crippen LogP contribution in [0.15, 0.2) is 82.4 Å². The Morgan fingerprint density at radius 1 is 0.946 bits per heavy atom. The van der Waals surface area contributed by atoms with Crippen LogP contribution >= 0.6 is 15.9 Å². The molecule has 1 aliphatic heterocycles. The quantitative estimate of drug-likeness (QED) is 0.259. The van der Waals surface area contributed by atoms with Crippen molar-refractivity contribution in [1.29, 1.82) is 0 Å². The molecule has 0 radical (unpaired) electrons. The van der Waals surface area contributed by atoms with Gasteiger partial charge in [0.1, 0.15) is 12.4 Å². The summed E-state index contributed by atoms with van der Waals surface area (Å²) in [7, 11) is 0.